The van der Waals surface area contributed by atoms with Crippen LogP contribution in [-0.4, -0.2) is 62.4 Å². The molecule has 1 saturated heterocycles. The molecule has 13 heteroatoms. The highest BCUT2D eigenvalue weighted by atomic mass is 32.1. The van der Waals surface area contributed by atoms with Gasteiger partial charge in [0.05, 0.1) is 18.7 Å². The van der Waals surface area contributed by atoms with Crippen molar-refractivity contribution in [1.82, 2.24) is 9.55 Å². The fraction of sp³-hybridized carbons (Fsp3) is 0.560. The molecule has 208 valence electrons. The summed E-state index contributed by atoms with van der Waals surface area (Å²) in [5.74, 6) is -0.982. The predicted octanol–water partition coefficient (Wildman–Crippen LogP) is 3.33. The molecule has 2 heterocycles. The monoisotopic (exact) mass is 568 g/mol. The van der Waals surface area contributed by atoms with E-state index >= 15 is 0 Å². The minimum absolute atomic E-state index is 0.00998. The van der Waals surface area contributed by atoms with E-state index in [1.807, 2.05) is 0 Å². The summed E-state index contributed by atoms with van der Waals surface area (Å²) in [7, 11) is -3.97. The number of aromatic amines is 1. The van der Waals surface area contributed by atoms with Crippen molar-refractivity contribution in [3.63, 3.8) is 0 Å². The quantitative estimate of drug-likeness (QED) is 0.221. The lowest BCUT2D eigenvalue weighted by Gasteiger charge is -2.28. The number of nitrogens with zero attached hydrogens (tertiary/aromatic N) is 1. The minimum Gasteiger partial charge on any atom is -0.462 e. The second kappa shape index (κ2) is 11.8. The molecular weight excluding hydrogens is 535 g/mol. The summed E-state index contributed by atoms with van der Waals surface area (Å²) in [6.45, 7) is 2.54. The van der Waals surface area contributed by atoms with Crippen molar-refractivity contribution < 1.29 is 38.1 Å². The van der Waals surface area contributed by atoms with Gasteiger partial charge in [-0.2, -0.15) is 0 Å². The normalized spacial score (nSPS) is 28.1. The summed E-state index contributed by atoms with van der Waals surface area (Å²) in [4.78, 5) is 26.7. The van der Waals surface area contributed by atoms with E-state index in [-0.39, 0.29) is 22.8 Å². The second-order valence-electron chi connectivity index (χ2n) is 9.95. The molecule has 0 amide bonds. The fourth-order valence-electron chi connectivity index (χ4n) is 4.63. The van der Waals surface area contributed by atoms with Gasteiger partial charge in [-0.1, -0.05) is 25.1 Å². The van der Waals surface area contributed by atoms with Crippen LogP contribution in [0, 0.1) is 10.7 Å². The Hall–Kier alpha value is -2.34. The summed E-state index contributed by atoms with van der Waals surface area (Å²) in [6.07, 6.45) is 0.820. The van der Waals surface area contributed by atoms with Gasteiger partial charge in [0.1, 0.15) is 29.7 Å². The first kappa shape index (κ1) is 28.7. The Morgan fingerprint density at radius 3 is 2.63 bits per heavy atom. The highest BCUT2D eigenvalue weighted by Crippen LogP contribution is 2.51. The maximum atomic E-state index is 13.9. The third-order valence-electron chi connectivity index (χ3n) is 6.77. The predicted molar refractivity (Wildman–Crippen MR) is 139 cm³/mol. The average molecular weight is 569 g/mol. The summed E-state index contributed by atoms with van der Waals surface area (Å²) >= 11 is 5.17. The van der Waals surface area contributed by atoms with Crippen LogP contribution >= 0.6 is 19.8 Å². The zero-order valence-electron chi connectivity index (χ0n) is 21.2. The van der Waals surface area contributed by atoms with E-state index in [1.54, 1.807) is 37.3 Å². The van der Waals surface area contributed by atoms with Gasteiger partial charge < -0.3 is 24.2 Å². The second-order valence-corrected chi connectivity index (χ2v) is 12.4. The maximum absolute atomic E-state index is 13.9. The molecule has 0 radical (unpaired) electrons. The van der Waals surface area contributed by atoms with Gasteiger partial charge in [-0.3, -0.25) is 23.7 Å². The SMILES string of the molecule is C[C@H](C[P@@](=O)(OC[C@H]1O[C@@H](n2ccc(=O)[nH]c2=S)C(C)(O)[C@H]1O)Oc1ccccc1)C(=O)OC1CCCC1. The van der Waals surface area contributed by atoms with Crippen molar-refractivity contribution in [3.05, 3.63) is 57.7 Å². The number of nitrogens with one attached hydrogen (secondary N) is 1. The van der Waals surface area contributed by atoms with Crippen LogP contribution in [0.4, 0.5) is 0 Å². The number of aliphatic hydroxyl groups is 2. The molecule has 6 atom stereocenters. The van der Waals surface area contributed by atoms with Gasteiger partial charge >= 0.3 is 13.6 Å². The van der Waals surface area contributed by atoms with E-state index < -0.39 is 55.7 Å². The molecule has 38 heavy (non-hydrogen) atoms. The highest BCUT2D eigenvalue weighted by Gasteiger charge is 2.53. The Kier molecular flexibility index (Phi) is 8.91. The molecule has 2 fully saturated rings. The Morgan fingerprint density at radius 2 is 1.97 bits per heavy atom. The van der Waals surface area contributed by atoms with Crippen LogP contribution in [0.1, 0.15) is 45.8 Å². The van der Waals surface area contributed by atoms with Crippen LogP contribution in [0.2, 0.25) is 0 Å². The number of benzene rings is 1. The van der Waals surface area contributed by atoms with Gasteiger partial charge in [-0.05, 0) is 57.0 Å². The van der Waals surface area contributed by atoms with Crippen molar-refractivity contribution in [2.24, 2.45) is 5.92 Å². The van der Waals surface area contributed by atoms with Gasteiger partial charge in [0, 0.05) is 12.3 Å². The number of hydrogen-bond donors (Lipinski definition) is 3. The van der Waals surface area contributed by atoms with Crippen LogP contribution in [0.3, 0.4) is 0 Å². The molecule has 0 spiro atoms. The number of ether oxygens (including phenoxy) is 2. The number of rotatable bonds is 10. The third kappa shape index (κ3) is 6.62. The van der Waals surface area contributed by atoms with E-state index in [9.17, 15) is 24.4 Å². The Balaban J connectivity index is 1.49. The number of aromatic nitrogens is 2. The minimum atomic E-state index is -3.97. The molecule has 3 N–H and O–H groups in total. The van der Waals surface area contributed by atoms with Gasteiger partial charge in [0.15, 0.2) is 11.0 Å². The van der Waals surface area contributed by atoms with Crippen molar-refractivity contribution >= 4 is 25.8 Å². The van der Waals surface area contributed by atoms with E-state index in [1.165, 1.54) is 23.8 Å². The van der Waals surface area contributed by atoms with Gasteiger partial charge in [0.2, 0.25) is 0 Å². The van der Waals surface area contributed by atoms with Crippen LogP contribution in [0.25, 0.3) is 0 Å². The van der Waals surface area contributed by atoms with Crippen molar-refractivity contribution in [2.75, 3.05) is 12.8 Å². The molecule has 0 bridgehead atoms. The number of carbonyl (C=O) groups excluding carboxylic acids is 1. The smallest absolute Gasteiger partial charge is 0.380 e. The van der Waals surface area contributed by atoms with E-state index in [4.69, 9.17) is 30.7 Å². The number of carbonyl (C=O) groups is 1. The average Bonchev–Trinajstić information content (AvgIpc) is 3.45. The number of hydrogen-bond acceptors (Lipinski definition) is 10. The number of aliphatic hydroxyl groups excluding tert-OH is 1. The van der Waals surface area contributed by atoms with Crippen LogP contribution in [-0.2, 0) is 23.4 Å². The van der Waals surface area contributed by atoms with Gasteiger partial charge in [-0.15, -0.1) is 0 Å². The molecule has 1 aliphatic heterocycles. The molecule has 2 aliphatic rings. The molecule has 1 aromatic carbocycles. The van der Waals surface area contributed by atoms with Crippen molar-refractivity contribution in [1.29, 1.82) is 0 Å². The summed E-state index contributed by atoms with van der Waals surface area (Å²) in [5.41, 5.74) is -2.25. The number of esters is 1. The largest absolute Gasteiger partial charge is 0.462 e. The summed E-state index contributed by atoms with van der Waals surface area (Å²) < 4.78 is 38.1. The first-order valence-corrected chi connectivity index (χ1v) is 14.7. The first-order chi connectivity index (χ1) is 18.0. The van der Waals surface area contributed by atoms with Crippen LogP contribution < -0.4 is 10.1 Å². The molecular formula is C25H33N2O9PS. The van der Waals surface area contributed by atoms with E-state index in [0.717, 1.165) is 25.7 Å². The lowest BCUT2D eigenvalue weighted by Crippen LogP contribution is -2.44. The number of para-hydroxylation sites is 1. The Morgan fingerprint density at radius 1 is 1.29 bits per heavy atom. The lowest BCUT2D eigenvalue weighted by atomic mass is 9.96. The van der Waals surface area contributed by atoms with Crippen molar-refractivity contribution in [2.45, 2.75) is 69.7 Å². The first-order valence-electron chi connectivity index (χ1n) is 12.5. The summed E-state index contributed by atoms with van der Waals surface area (Å²) in [5, 5.41) is 21.8. The molecule has 2 aromatic rings. The fourth-order valence-corrected chi connectivity index (χ4v) is 6.76. The topological polar surface area (TPSA) is 149 Å². The maximum Gasteiger partial charge on any atom is 0.380 e. The molecule has 1 saturated carbocycles. The molecule has 1 aliphatic carbocycles. The van der Waals surface area contributed by atoms with Gasteiger partial charge in [-0.25, -0.2) is 4.57 Å². The molecule has 11 nitrogen and oxygen atoms in total. The molecule has 4 rings (SSSR count). The standard InChI is InChI=1S/C25H33N2O9PS/c1-16(22(30)34-17-8-6-7-9-17)15-37(32,36-18-10-4-3-5-11-18)33-14-19-21(29)25(2,31)23(35-19)27-13-12-20(28)26-24(27)38/h3-5,10-13,16-17,19,21,23,29,31H,6-9,14-15H2,1-2H3,(H,26,28,38)/t16-,19-,21+,23-,25?,37-/m1/s1. The highest BCUT2D eigenvalue weighted by molar-refractivity contribution is 7.71. The summed E-state index contributed by atoms with van der Waals surface area (Å²) in [6, 6.07) is 9.61. The Bertz CT molecular complexity index is 1280. The molecule has 1 aromatic heterocycles. The van der Waals surface area contributed by atoms with Crippen LogP contribution in [0.5, 0.6) is 5.75 Å². The van der Waals surface area contributed by atoms with E-state index in [0.29, 0.717) is 0 Å². The zero-order valence-corrected chi connectivity index (χ0v) is 22.9. The van der Waals surface area contributed by atoms with Crippen molar-refractivity contribution in [3.8, 4) is 5.75 Å². The van der Waals surface area contributed by atoms with Gasteiger partial charge in [0.25, 0.3) is 5.56 Å². The Labute approximate surface area is 225 Å². The molecule has 1 unspecified atom stereocenters. The number of H-pyrrole nitrogens is 1. The third-order valence-corrected chi connectivity index (χ3v) is 9.11. The lowest BCUT2D eigenvalue weighted by molar-refractivity contribution is -0.152. The zero-order chi connectivity index (χ0) is 27.5. The van der Waals surface area contributed by atoms with Crippen LogP contribution in [0.15, 0.2) is 47.4 Å². The van der Waals surface area contributed by atoms with E-state index in [2.05, 4.69) is 4.98 Å².